The summed E-state index contributed by atoms with van der Waals surface area (Å²) in [6.45, 7) is 8.63. The molecule has 3 heteroatoms. The third-order valence-electron chi connectivity index (χ3n) is 3.84. The largest absolute Gasteiger partial charge is 0.323 e. The fourth-order valence-electron chi connectivity index (χ4n) is 2.74. The van der Waals surface area contributed by atoms with Gasteiger partial charge in [0.15, 0.2) is 0 Å². The summed E-state index contributed by atoms with van der Waals surface area (Å²) in [5.74, 6) is 1.68. The normalized spacial score (nSPS) is 32.6. The summed E-state index contributed by atoms with van der Waals surface area (Å²) in [5, 5.41) is 3.42. The van der Waals surface area contributed by atoms with Crippen molar-refractivity contribution in [3.8, 4) is 0 Å². The minimum Gasteiger partial charge on any atom is -0.323 e. The van der Waals surface area contributed by atoms with Crippen molar-refractivity contribution in [2.45, 2.75) is 65.2 Å². The number of rotatable bonds is 4. The highest BCUT2D eigenvalue weighted by molar-refractivity contribution is 5.84. The number of nitrogens with one attached hydrogen (secondary N) is 1. The van der Waals surface area contributed by atoms with Crippen molar-refractivity contribution in [1.29, 1.82) is 0 Å². The molecule has 3 unspecified atom stereocenters. The molecule has 2 rings (SSSR count). The highest BCUT2D eigenvalue weighted by Crippen LogP contribution is 2.37. The molecular weight excluding hydrogens is 200 g/mol. The predicted molar refractivity (Wildman–Crippen MR) is 64.9 cm³/mol. The van der Waals surface area contributed by atoms with E-state index >= 15 is 0 Å². The van der Waals surface area contributed by atoms with Crippen LogP contribution in [0.1, 0.15) is 47.0 Å². The van der Waals surface area contributed by atoms with Crippen LogP contribution >= 0.6 is 0 Å². The smallest absolute Gasteiger partial charge is 0.240 e. The van der Waals surface area contributed by atoms with Gasteiger partial charge in [0.2, 0.25) is 5.91 Å². The molecule has 3 atom stereocenters. The zero-order valence-corrected chi connectivity index (χ0v) is 10.9. The van der Waals surface area contributed by atoms with Crippen LogP contribution in [0, 0.1) is 11.8 Å². The second-order valence-electron chi connectivity index (χ2n) is 5.86. The quantitative estimate of drug-likeness (QED) is 0.792. The molecule has 1 saturated heterocycles. The summed E-state index contributed by atoms with van der Waals surface area (Å²) >= 11 is 0. The molecule has 1 saturated carbocycles. The Morgan fingerprint density at radius 3 is 2.50 bits per heavy atom. The molecule has 1 heterocycles. The van der Waals surface area contributed by atoms with E-state index in [-0.39, 0.29) is 12.2 Å². The van der Waals surface area contributed by atoms with Crippen molar-refractivity contribution in [2.75, 3.05) is 0 Å². The zero-order valence-electron chi connectivity index (χ0n) is 10.9. The molecular formula is C13H24N2O. The van der Waals surface area contributed by atoms with E-state index in [2.05, 4.69) is 31.0 Å². The van der Waals surface area contributed by atoms with Crippen LogP contribution in [0.2, 0.25) is 0 Å². The van der Waals surface area contributed by atoms with E-state index in [1.54, 1.807) is 0 Å². The van der Waals surface area contributed by atoms with Crippen LogP contribution < -0.4 is 5.32 Å². The van der Waals surface area contributed by atoms with Gasteiger partial charge in [-0.3, -0.25) is 10.1 Å². The molecule has 1 N–H and O–H groups in total. The zero-order chi connectivity index (χ0) is 11.9. The summed E-state index contributed by atoms with van der Waals surface area (Å²) in [5.41, 5.74) is 0. The maximum absolute atomic E-state index is 12.1. The van der Waals surface area contributed by atoms with Gasteiger partial charge in [-0.05, 0) is 44.9 Å². The Balaban J connectivity index is 2.06. The first-order valence-electron chi connectivity index (χ1n) is 6.59. The van der Waals surface area contributed by atoms with E-state index in [9.17, 15) is 4.79 Å². The lowest BCUT2D eigenvalue weighted by Crippen LogP contribution is -2.44. The lowest BCUT2D eigenvalue weighted by Gasteiger charge is -2.31. The third kappa shape index (κ3) is 2.24. The summed E-state index contributed by atoms with van der Waals surface area (Å²) in [7, 11) is 0. The Morgan fingerprint density at radius 2 is 2.00 bits per heavy atom. The van der Waals surface area contributed by atoms with Gasteiger partial charge in [-0.25, -0.2) is 0 Å². The average Bonchev–Trinajstić information content (AvgIpc) is 2.95. The molecule has 16 heavy (non-hydrogen) atoms. The van der Waals surface area contributed by atoms with Crippen molar-refractivity contribution >= 4 is 5.91 Å². The Bertz CT molecular complexity index is 273. The van der Waals surface area contributed by atoms with E-state index in [1.807, 2.05) is 6.92 Å². The van der Waals surface area contributed by atoms with Gasteiger partial charge in [-0.1, -0.05) is 13.8 Å². The molecule has 0 bridgehead atoms. The van der Waals surface area contributed by atoms with E-state index in [4.69, 9.17) is 0 Å². The average molecular weight is 224 g/mol. The summed E-state index contributed by atoms with van der Waals surface area (Å²) in [6.07, 6.45) is 3.92. The van der Waals surface area contributed by atoms with Crippen molar-refractivity contribution < 1.29 is 4.79 Å². The highest BCUT2D eigenvalue weighted by Gasteiger charge is 2.43. The Morgan fingerprint density at radius 1 is 1.38 bits per heavy atom. The number of carbonyl (C=O) groups excluding carboxylic acids is 1. The molecule has 0 spiro atoms. The summed E-state index contributed by atoms with van der Waals surface area (Å²) in [4.78, 5) is 14.2. The molecule has 0 aromatic rings. The van der Waals surface area contributed by atoms with E-state index in [1.165, 1.54) is 12.8 Å². The second-order valence-corrected chi connectivity index (χ2v) is 5.86. The molecule has 1 aliphatic carbocycles. The van der Waals surface area contributed by atoms with Crippen molar-refractivity contribution in [2.24, 2.45) is 11.8 Å². The Hall–Kier alpha value is -0.570. The first-order chi connectivity index (χ1) is 7.50. The van der Waals surface area contributed by atoms with E-state index in [0.29, 0.717) is 17.9 Å². The molecule has 0 aromatic carbocycles. The first-order valence-corrected chi connectivity index (χ1v) is 6.59. The molecule has 1 aliphatic heterocycles. The third-order valence-corrected chi connectivity index (χ3v) is 3.84. The number of amides is 1. The fraction of sp³-hybridized carbons (Fsp3) is 0.923. The Kier molecular flexibility index (Phi) is 3.24. The number of nitrogens with zero attached hydrogens (tertiary/aromatic N) is 1. The molecule has 0 radical (unpaired) electrons. The number of hydrogen-bond acceptors (Lipinski definition) is 2. The van der Waals surface area contributed by atoms with Gasteiger partial charge in [0.05, 0.1) is 12.2 Å². The minimum atomic E-state index is 0.00458. The molecule has 1 amide bonds. The molecule has 92 valence electrons. The lowest BCUT2D eigenvalue weighted by atomic mass is 10.1. The van der Waals surface area contributed by atoms with Crippen LogP contribution in [0.25, 0.3) is 0 Å². The minimum absolute atomic E-state index is 0.00458. The van der Waals surface area contributed by atoms with Crippen LogP contribution in [0.4, 0.5) is 0 Å². The topological polar surface area (TPSA) is 32.3 Å². The molecule has 3 nitrogen and oxygen atoms in total. The standard InChI is InChI=1S/C13H24N2O/c1-8(2)7-12-14-9(3)13(16)15(12)10(4)11-5-6-11/h8-12,14H,5-7H2,1-4H3. The highest BCUT2D eigenvalue weighted by atomic mass is 16.2. The van der Waals surface area contributed by atoms with Crippen LogP contribution in [0.3, 0.4) is 0 Å². The number of carbonyl (C=O) groups is 1. The van der Waals surface area contributed by atoms with Crippen molar-refractivity contribution in [3.63, 3.8) is 0 Å². The van der Waals surface area contributed by atoms with Crippen LogP contribution in [-0.4, -0.2) is 29.1 Å². The van der Waals surface area contributed by atoms with E-state index < -0.39 is 0 Å². The second kappa shape index (κ2) is 4.36. The van der Waals surface area contributed by atoms with Gasteiger partial charge < -0.3 is 4.90 Å². The van der Waals surface area contributed by atoms with Crippen LogP contribution in [0.5, 0.6) is 0 Å². The summed E-state index contributed by atoms with van der Waals surface area (Å²) in [6, 6.07) is 0.429. The maximum atomic E-state index is 12.1. The Labute approximate surface area is 98.6 Å². The van der Waals surface area contributed by atoms with Gasteiger partial charge in [0, 0.05) is 6.04 Å². The fourth-order valence-corrected chi connectivity index (χ4v) is 2.74. The first kappa shape index (κ1) is 11.9. The predicted octanol–water partition coefficient (Wildman–Crippen LogP) is 1.98. The van der Waals surface area contributed by atoms with Gasteiger partial charge in [0.1, 0.15) is 0 Å². The molecule has 2 fully saturated rings. The monoisotopic (exact) mass is 224 g/mol. The van der Waals surface area contributed by atoms with Crippen LogP contribution in [0.15, 0.2) is 0 Å². The SMILES string of the molecule is CC(C)CC1NC(C)C(=O)N1C(C)C1CC1. The van der Waals surface area contributed by atoms with Gasteiger partial charge in [-0.2, -0.15) is 0 Å². The van der Waals surface area contributed by atoms with E-state index in [0.717, 1.165) is 12.3 Å². The van der Waals surface area contributed by atoms with Crippen LogP contribution in [-0.2, 0) is 4.79 Å². The lowest BCUT2D eigenvalue weighted by molar-refractivity contribution is -0.132. The van der Waals surface area contributed by atoms with Crippen molar-refractivity contribution in [1.82, 2.24) is 10.2 Å². The molecule has 0 aromatic heterocycles. The van der Waals surface area contributed by atoms with Gasteiger partial charge >= 0.3 is 0 Å². The maximum Gasteiger partial charge on any atom is 0.240 e. The van der Waals surface area contributed by atoms with Gasteiger partial charge in [0.25, 0.3) is 0 Å². The number of hydrogen-bond donors (Lipinski definition) is 1. The summed E-state index contributed by atoms with van der Waals surface area (Å²) < 4.78 is 0. The van der Waals surface area contributed by atoms with Crippen molar-refractivity contribution in [3.05, 3.63) is 0 Å². The van der Waals surface area contributed by atoms with Gasteiger partial charge in [-0.15, -0.1) is 0 Å². The molecule has 2 aliphatic rings.